The third kappa shape index (κ3) is 3.65. The molecule has 0 N–H and O–H groups in total. The molecule has 3 nitrogen and oxygen atoms in total. The normalized spacial score (nSPS) is 12.0. The van der Waals surface area contributed by atoms with Crippen LogP contribution in [0.15, 0.2) is 59.0 Å². The van der Waals surface area contributed by atoms with Gasteiger partial charge < -0.3 is 0 Å². The van der Waals surface area contributed by atoms with Gasteiger partial charge >= 0.3 is 0 Å². The highest BCUT2D eigenvalue weighted by Crippen LogP contribution is 2.12. The molecule has 90 valence electrons. The van der Waals surface area contributed by atoms with Crippen molar-refractivity contribution in [2.45, 2.75) is 0 Å². The zero-order valence-electron chi connectivity index (χ0n) is 9.29. The molecule has 0 fully saturated rings. The van der Waals surface area contributed by atoms with Crippen LogP contribution >= 0.6 is 23.2 Å². The highest BCUT2D eigenvalue weighted by Gasteiger charge is 1.98. The summed E-state index contributed by atoms with van der Waals surface area (Å²) in [6, 6.07) is 10.7. The van der Waals surface area contributed by atoms with Gasteiger partial charge in [0, 0.05) is 23.0 Å². The molecular formula is C13H9Cl2N3. The van der Waals surface area contributed by atoms with Crippen molar-refractivity contribution in [1.29, 1.82) is 0 Å². The molecule has 0 amide bonds. The second-order valence-corrected chi connectivity index (χ2v) is 4.22. The van der Waals surface area contributed by atoms with E-state index in [0.29, 0.717) is 10.2 Å². The van der Waals surface area contributed by atoms with Crippen molar-refractivity contribution >= 4 is 34.6 Å². The van der Waals surface area contributed by atoms with Crippen LogP contribution in [0.3, 0.4) is 0 Å². The van der Waals surface area contributed by atoms with E-state index in [4.69, 9.17) is 23.2 Å². The Morgan fingerprint density at radius 1 is 1.06 bits per heavy atom. The maximum absolute atomic E-state index is 6.01. The van der Waals surface area contributed by atoms with E-state index in [1.807, 2.05) is 12.1 Å². The highest BCUT2D eigenvalue weighted by atomic mass is 35.5. The molecule has 1 aromatic heterocycles. The summed E-state index contributed by atoms with van der Waals surface area (Å²) in [7, 11) is 0. The summed E-state index contributed by atoms with van der Waals surface area (Å²) in [5, 5.41) is 8.79. The number of benzene rings is 1. The molecule has 0 atom stereocenters. The lowest BCUT2D eigenvalue weighted by Crippen LogP contribution is -1.89. The first-order valence-electron chi connectivity index (χ1n) is 5.18. The van der Waals surface area contributed by atoms with Gasteiger partial charge in [-0.3, -0.25) is 4.98 Å². The van der Waals surface area contributed by atoms with Gasteiger partial charge in [0.2, 0.25) is 0 Å². The Balaban J connectivity index is 2.10. The topological polar surface area (TPSA) is 37.6 Å². The van der Waals surface area contributed by atoms with Crippen LogP contribution < -0.4 is 0 Å². The molecule has 0 aliphatic heterocycles. The zero-order chi connectivity index (χ0) is 12.8. The molecule has 0 spiro atoms. The first kappa shape index (κ1) is 12.7. The van der Waals surface area contributed by atoms with E-state index in [0.717, 1.165) is 11.1 Å². The highest BCUT2D eigenvalue weighted by molar-refractivity contribution is 6.69. The van der Waals surface area contributed by atoms with Crippen LogP contribution in [0.25, 0.3) is 0 Å². The monoisotopic (exact) mass is 277 g/mol. The Labute approximate surface area is 115 Å². The van der Waals surface area contributed by atoms with E-state index in [9.17, 15) is 0 Å². The maximum atomic E-state index is 6.01. The second-order valence-electron chi connectivity index (χ2n) is 3.42. The van der Waals surface area contributed by atoms with Crippen molar-refractivity contribution in [2.75, 3.05) is 0 Å². The van der Waals surface area contributed by atoms with E-state index >= 15 is 0 Å². The van der Waals surface area contributed by atoms with Crippen LogP contribution in [-0.4, -0.2) is 16.4 Å². The van der Waals surface area contributed by atoms with Crippen molar-refractivity contribution < 1.29 is 0 Å². The molecule has 2 aromatic rings. The lowest BCUT2D eigenvalue weighted by atomic mass is 10.2. The van der Waals surface area contributed by atoms with Crippen LogP contribution in [0, 0.1) is 0 Å². The molecular weight excluding hydrogens is 269 g/mol. The summed E-state index contributed by atoms with van der Waals surface area (Å²) in [5.74, 6) is 0. The Hall–Kier alpha value is -1.71. The van der Waals surface area contributed by atoms with Gasteiger partial charge in [-0.15, -0.1) is 5.10 Å². The van der Waals surface area contributed by atoms with Gasteiger partial charge in [-0.1, -0.05) is 35.3 Å². The number of rotatable bonds is 3. The summed E-state index contributed by atoms with van der Waals surface area (Å²) in [6.07, 6.45) is 4.98. The maximum Gasteiger partial charge on any atom is 0.158 e. The minimum atomic E-state index is 0.317. The van der Waals surface area contributed by atoms with Crippen LogP contribution in [0.5, 0.6) is 0 Å². The average Bonchev–Trinajstić information content (AvgIpc) is 2.40. The van der Waals surface area contributed by atoms with Crippen molar-refractivity contribution in [2.24, 2.45) is 10.2 Å². The minimum absolute atomic E-state index is 0.317. The molecule has 2 rings (SSSR count). The van der Waals surface area contributed by atoms with Crippen LogP contribution in [0.2, 0.25) is 5.02 Å². The Morgan fingerprint density at radius 3 is 2.39 bits per heavy atom. The lowest BCUT2D eigenvalue weighted by molar-refractivity contribution is 1.25. The van der Waals surface area contributed by atoms with E-state index in [1.54, 1.807) is 42.9 Å². The fraction of sp³-hybridized carbons (Fsp3) is 0. The van der Waals surface area contributed by atoms with Crippen LogP contribution in [0.1, 0.15) is 11.1 Å². The summed E-state index contributed by atoms with van der Waals surface area (Å²) >= 11 is 11.8. The first-order chi connectivity index (χ1) is 8.75. The summed E-state index contributed by atoms with van der Waals surface area (Å²) < 4.78 is 0. The van der Waals surface area contributed by atoms with Crippen molar-refractivity contribution in [3.05, 3.63) is 64.9 Å². The number of aromatic nitrogens is 1. The fourth-order valence-corrected chi connectivity index (χ4v) is 1.54. The van der Waals surface area contributed by atoms with Crippen molar-refractivity contribution in [1.82, 2.24) is 4.98 Å². The molecule has 1 heterocycles. The molecule has 0 saturated heterocycles. The summed E-state index contributed by atoms with van der Waals surface area (Å²) in [4.78, 5) is 3.91. The molecule has 18 heavy (non-hydrogen) atoms. The molecule has 0 aliphatic carbocycles. The predicted octanol–water partition coefficient (Wildman–Crippen LogP) is 3.75. The number of nitrogens with zero attached hydrogens (tertiary/aromatic N) is 3. The smallest absolute Gasteiger partial charge is 0.158 e. The third-order valence-electron chi connectivity index (χ3n) is 2.14. The molecule has 0 bridgehead atoms. The molecule has 0 radical (unpaired) electrons. The number of hydrogen-bond acceptors (Lipinski definition) is 3. The van der Waals surface area contributed by atoms with Gasteiger partial charge in [0.15, 0.2) is 5.17 Å². The van der Waals surface area contributed by atoms with Gasteiger partial charge in [0.05, 0.1) is 6.21 Å². The Kier molecular flexibility index (Phi) is 4.45. The molecule has 1 aromatic carbocycles. The number of halogens is 2. The van der Waals surface area contributed by atoms with E-state index < -0.39 is 0 Å². The van der Waals surface area contributed by atoms with Crippen molar-refractivity contribution in [3.8, 4) is 0 Å². The minimum Gasteiger partial charge on any atom is -0.265 e. The second kappa shape index (κ2) is 6.28. The Morgan fingerprint density at radius 2 is 1.72 bits per heavy atom. The quantitative estimate of drug-likeness (QED) is 0.622. The standard InChI is InChI=1S/C13H9Cl2N3/c14-12-3-1-11(2-4-12)13(15)18-17-9-10-5-7-16-8-6-10/h1-9H/b17-9+,18-13+. The molecule has 0 unspecified atom stereocenters. The van der Waals surface area contributed by atoms with E-state index in [1.165, 1.54) is 0 Å². The summed E-state index contributed by atoms with van der Waals surface area (Å²) in [5.41, 5.74) is 1.68. The first-order valence-corrected chi connectivity index (χ1v) is 5.94. The molecule has 5 heteroatoms. The number of hydrogen-bond donors (Lipinski definition) is 0. The number of pyridine rings is 1. The van der Waals surface area contributed by atoms with E-state index in [2.05, 4.69) is 15.2 Å². The van der Waals surface area contributed by atoms with Gasteiger partial charge in [-0.25, -0.2) is 0 Å². The lowest BCUT2D eigenvalue weighted by Gasteiger charge is -1.96. The van der Waals surface area contributed by atoms with Gasteiger partial charge in [0.25, 0.3) is 0 Å². The van der Waals surface area contributed by atoms with Gasteiger partial charge in [-0.2, -0.15) is 5.10 Å². The molecule has 0 saturated carbocycles. The fourth-order valence-electron chi connectivity index (χ4n) is 1.24. The predicted molar refractivity (Wildman–Crippen MR) is 75.7 cm³/mol. The Bertz CT molecular complexity index is 563. The van der Waals surface area contributed by atoms with Crippen LogP contribution in [-0.2, 0) is 0 Å². The average molecular weight is 278 g/mol. The third-order valence-corrected chi connectivity index (χ3v) is 2.69. The van der Waals surface area contributed by atoms with Gasteiger partial charge in [0.1, 0.15) is 0 Å². The largest absolute Gasteiger partial charge is 0.265 e. The molecule has 0 aliphatic rings. The van der Waals surface area contributed by atoms with Gasteiger partial charge in [-0.05, 0) is 29.8 Å². The summed E-state index contributed by atoms with van der Waals surface area (Å²) in [6.45, 7) is 0. The van der Waals surface area contributed by atoms with Crippen molar-refractivity contribution in [3.63, 3.8) is 0 Å². The zero-order valence-corrected chi connectivity index (χ0v) is 10.8. The van der Waals surface area contributed by atoms with Crippen LogP contribution in [0.4, 0.5) is 0 Å². The SMILES string of the molecule is Cl/C(=N/N=C/c1ccncc1)c1ccc(Cl)cc1. The van der Waals surface area contributed by atoms with E-state index in [-0.39, 0.29) is 0 Å².